The summed E-state index contributed by atoms with van der Waals surface area (Å²) < 4.78 is 16.5. The van der Waals surface area contributed by atoms with Gasteiger partial charge < -0.3 is 19.3 Å². The number of ether oxygens (including phenoxy) is 3. The van der Waals surface area contributed by atoms with E-state index in [1.807, 2.05) is 0 Å². The summed E-state index contributed by atoms with van der Waals surface area (Å²) in [7, 11) is 4.70. The van der Waals surface area contributed by atoms with Crippen LogP contribution in [0.25, 0.3) is 0 Å². The van der Waals surface area contributed by atoms with Crippen molar-refractivity contribution in [2.24, 2.45) is 23.2 Å². The molecule has 6 heteroatoms. The van der Waals surface area contributed by atoms with Crippen LogP contribution in [0.15, 0.2) is 28.9 Å². The lowest BCUT2D eigenvalue weighted by atomic mass is 9.49. The fourth-order valence-corrected chi connectivity index (χ4v) is 8.00. The number of hydrogen-bond donors (Lipinski definition) is 1. The molecule has 0 saturated heterocycles. The Bertz CT molecular complexity index is 1210. The maximum atomic E-state index is 13.4. The molecule has 2 saturated carbocycles. The van der Waals surface area contributed by atoms with E-state index in [0.717, 1.165) is 36.3 Å². The molecule has 194 valence electrons. The van der Waals surface area contributed by atoms with E-state index in [1.165, 1.54) is 35.0 Å². The van der Waals surface area contributed by atoms with Crippen molar-refractivity contribution in [1.82, 2.24) is 0 Å². The van der Waals surface area contributed by atoms with Crippen molar-refractivity contribution in [1.29, 1.82) is 0 Å². The summed E-state index contributed by atoms with van der Waals surface area (Å²) in [5.41, 5.74) is 6.30. The van der Waals surface area contributed by atoms with E-state index in [1.54, 1.807) is 21.1 Å². The summed E-state index contributed by atoms with van der Waals surface area (Å²) in [6.07, 6.45) is 4.85. The van der Waals surface area contributed by atoms with E-state index in [9.17, 15) is 14.7 Å². The highest BCUT2D eigenvalue weighted by molar-refractivity contribution is 5.94. The third-order valence-corrected chi connectivity index (χ3v) is 9.93. The summed E-state index contributed by atoms with van der Waals surface area (Å²) in [6.45, 7) is 8.28. The second-order valence-corrected chi connectivity index (χ2v) is 11.6. The number of allylic oxidation sites excluding steroid dienone is 4. The molecule has 0 spiro atoms. The first-order valence-electron chi connectivity index (χ1n) is 13.0. The van der Waals surface area contributed by atoms with Crippen molar-refractivity contribution in [3.05, 3.63) is 45.6 Å². The third kappa shape index (κ3) is 3.19. The highest BCUT2D eigenvalue weighted by Crippen LogP contribution is 2.61. The number of fused-ring (bicyclic) bond motifs is 7. The van der Waals surface area contributed by atoms with Gasteiger partial charge in [-0.3, -0.25) is 9.59 Å². The molecule has 2 fully saturated rings. The fourth-order valence-electron chi connectivity index (χ4n) is 8.00. The lowest BCUT2D eigenvalue weighted by Crippen LogP contribution is -2.57. The van der Waals surface area contributed by atoms with Crippen molar-refractivity contribution in [2.75, 3.05) is 21.3 Å². The second-order valence-electron chi connectivity index (χ2n) is 11.6. The van der Waals surface area contributed by atoms with Crippen molar-refractivity contribution in [2.45, 2.75) is 71.3 Å². The van der Waals surface area contributed by atoms with Crippen molar-refractivity contribution in [3.63, 3.8) is 0 Å². The van der Waals surface area contributed by atoms with Gasteiger partial charge in [0.1, 0.15) is 6.10 Å². The minimum atomic E-state index is -1.32. The van der Waals surface area contributed by atoms with Gasteiger partial charge in [-0.1, -0.05) is 18.6 Å². The summed E-state index contributed by atoms with van der Waals surface area (Å²) in [5, 5.41) is 10.9. The Morgan fingerprint density at radius 2 is 1.83 bits per heavy atom. The summed E-state index contributed by atoms with van der Waals surface area (Å²) in [5.74, 6) is 0.794. The zero-order valence-corrected chi connectivity index (χ0v) is 22.5. The number of carbonyl (C=O) groups excluding carboxylic acids is 2. The highest BCUT2D eigenvalue weighted by atomic mass is 16.5. The van der Waals surface area contributed by atoms with Crippen molar-refractivity contribution in [3.8, 4) is 11.5 Å². The molecule has 6 unspecified atom stereocenters. The molecule has 0 radical (unpaired) electrons. The molecule has 6 nitrogen and oxygen atoms in total. The van der Waals surface area contributed by atoms with E-state index in [4.69, 9.17) is 14.2 Å². The summed E-state index contributed by atoms with van der Waals surface area (Å²) >= 11 is 0. The number of aliphatic hydroxyl groups is 1. The van der Waals surface area contributed by atoms with E-state index in [-0.39, 0.29) is 29.0 Å². The number of benzene rings is 1. The Balaban J connectivity index is 1.60. The molecule has 0 aromatic heterocycles. The van der Waals surface area contributed by atoms with Crippen molar-refractivity contribution < 1.29 is 28.9 Å². The first kappa shape index (κ1) is 25.1. The monoisotopic (exact) mass is 494 g/mol. The minimum Gasteiger partial charge on any atom is -0.493 e. The normalized spacial score (nSPS) is 35.1. The quantitative estimate of drug-likeness (QED) is 0.617. The smallest absolute Gasteiger partial charge is 0.314 e. The van der Waals surface area contributed by atoms with Crippen LogP contribution >= 0.6 is 0 Å². The fraction of sp³-hybridized carbons (Fsp3) is 0.600. The highest BCUT2D eigenvalue weighted by Gasteiger charge is 2.59. The van der Waals surface area contributed by atoms with Gasteiger partial charge in [-0.25, -0.2) is 0 Å². The first-order chi connectivity index (χ1) is 17.0. The van der Waals surface area contributed by atoms with E-state index in [2.05, 4.69) is 32.9 Å². The van der Waals surface area contributed by atoms with Crippen LogP contribution in [0.5, 0.6) is 11.5 Å². The zero-order chi connectivity index (χ0) is 26.2. The Labute approximate surface area is 213 Å². The van der Waals surface area contributed by atoms with Crippen LogP contribution < -0.4 is 9.47 Å². The van der Waals surface area contributed by atoms with E-state index in [0.29, 0.717) is 12.8 Å². The summed E-state index contributed by atoms with van der Waals surface area (Å²) in [4.78, 5) is 26.1. The molecule has 4 aliphatic carbocycles. The van der Waals surface area contributed by atoms with E-state index < -0.39 is 17.5 Å². The molecule has 1 aromatic carbocycles. The van der Waals surface area contributed by atoms with Crippen LogP contribution in [0.2, 0.25) is 0 Å². The van der Waals surface area contributed by atoms with Gasteiger partial charge in [0.25, 0.3) is 0 Å². The lowest BCUT2D eigenvalue weighted by Gasteiger charge is -2.54. The third-order valence-electron chi connectivity index (χ3n) is 9.93. The van der Waals surface area contributed by atoms with Gasteiger partial charge in [0, 0.05) is 11.3 Å². The molecule has 0 amide bonds. The zero-order valence-electron chi connectivity index (χ0n) is 22.5. The van der Waals surface area contributed by atoms with Crippen LogP contribution in [0.4, 0.5) is 0 Å². The van der Waals surface area contributed by atoms with Crippen LogP contribution in [0, 0.1) is 30.1 Å². The maximum Gasteiger partial charge on any atom is 0.314 e. The van der Waals surface area contributed by atoms with Gasteiger partial charge in [-0.05, 0) is 98.6 Å². The molecule has 4 aliphatic rings. The van der Waals surface area contributed by atoms with Gasteiger partial charge in [0.05, 0.1) is 26.7 Å². The van der Waals surface area contributed by atoms with Gasteiger partial charge in [-0.2, -0.15) is 0 Å². The standard InChI is InChI=1S/C30H38O6/c1-15-12-19-20(14-30(4,28(33)36-7)27(32)25(19)31)18-10-11-29(3)21(24(15)18)9-8-17-16(2)26(35-6)23(34-5)13-22(17)29/h9,13,18-20,27,32H,8,10-12,14H2,1-7H3. The van der Waals surface area contributed by atoms with Crippen LogP contribution in [-0.4, -0.2) is 44.3 Å². The second kappa shape index (κ2) is 8.47. The molecule has 36 heavy (non-hydrogen) atoms. The van der Waals surface area contributed by atoms with Crippen LogP contribution in [0.3, 0.4) is 0 Å². The van der Waals surface area contributed by atoms with Crippen LogP contribution in [-0.2, 0) is 26.2 Å². The average Bonchev–Trinajstić information content (AvgIpc) is 2.87. The molecule has 0 aliphatic heterocycles. The van der Waals surface area contributed by atoms with Crippen LogP contribution in [0.1, 0.15) is 63.1 Å². The molecule has 6 atom stereocenters. The molecule has 5 rings (SSSR count). The van der Waals surface area contributed by atoms with Gasteiger partial charge in [-0.15, -0.1) is 0 Å². The number of hydrogen-bond acceptors (Lipinski definition) is 6. The molecular formula is C30H38O6. The number of carbonyl (C=O) groups is 2. The number of methoxy groups -OCH3 is 3. The molecule has 0 heterocycles. The predicted octanol–water partition coefficient (Wildman–Crippen LogP) is 4.63. The molecule has 0 bridgehead atoms. The van der Waals surface area contributed by atoms with Crippen molar-refractivity contribution >= 4 is 11.8 Å². The molecule has 1 aromatic rings. The lowest BCUT2D eigenvalue weighted by molar-refractivity contribution is -0.174. The molecular weight excluding hydrogens is 456 g/mol. The van der Waals surface area contributed by atoms with Gasteiger partial charge in [0.15, 0.2) is 17.3 Å². The number of esters is 1. The Hall–Kier alpha value is -2.60. The average molecular weight is 495 g/mol. The minimum absolute atomic E-state index is 0.0164. The molecule has 1 N–H and O–H groups in total. The number of Topliss-reactive ketones (excluding diaryl/α,β-unsaturated/α-hetero) is 1. The predicted molar refractivity (Wildman–Crippen MR) is 136 cm³/mol. The largest absolute Gasteiger partial charge is 0.493 e. The summed E-state index contributed by atoms with van der Waals surface area (Å²) in [6, 6.07) is 2.16. The Morgan fingerprint density at radius 1 is 1.11 bits per heavy atom. The topological polar surface area (TPSA) is 82.1 Å². The number of ketones is 1. The van der Waals surface area contributed by atoms with Gasteiger partial charge >= 0.3 is 5.97 Å². The Kier molecular flexibility index (Phi) is 5.90. The first-order valence-corrected chi connectivity index (χ1v) is 13.0. The number of rotatable bonds is 3. The maximum absolute atomic E-state index is 13.4. The SMILES string of the molecule is COC(=O)C1(C)CC2C(CC(C)=C3C4=CCc5c(cc(OC)c(OC)c5C)C4(C)CCC32)C(=O)C1O. The van der Waals surface area contributed by atoms with Gasteiger partial charge in [0.2, 0.25) is 0 Å². The Morgan fingerprint density at radius 3 is 2.47 bits per heavy atom. The van der Waals surface area contributed by atoms with E-state index >= 15 is 0 Å². The number of aliphatic hydroxyl groups excluding tert-OH is 1.